The van der Waals surface area contributed by atoms with Crippen LogP contribution in [0.5, 0.6) is 0 Å². The van der Waals surface area contributed by atoms with Crippen LogP contribution in [0.3, 0.4) is 0 Å². The first-order chi connectivity index (χ1) is 5.93. The van der Waals surface area contributed by atoms with Gasteiger partial charge in [-0.3, -0.25) is 0 Å². The summed E-state index contributed by atoms with van der Waals surface area (Å²) in [7, 11) is 1.60. The molecule has 0 spiro atoms. The third kappa shape index (κ3) is 4.23. The van der Waals surface area contributed by atoms with Gasteiger partial charge in [0.1, 0.15) is 0 Å². The first-order valence-electron chi connectivity index (χ1n) is 5.16. The van der Waals surface area contributed by atoms with Gasteiger partial charge in [-0.15, -0.1) is 0 Å². The molecular formula is C9H21NOSi. The highest BCUT2D eigenvalue weighted by Gasteiger charge is 2.12. The summed E-state index contributed by atoms with van der Waals surface area (Å²) >= 11 is 0. The summed E-state index contributed by atoms with van der Waals surface area (Å²) in [6.07, 6.45) is 8.56. The average Bonchev–Trinajstić information content (AvgIpc) is 2.14. The molecular weight excluding hydrogens is 166 g/mol. The quantitative estimate of drug-likeness (QED) is 0.516. The van der Waals surface area contributed by atoms with Crippen LogP contribution in [0.2, 0.25) is 0 Å². The SMILES string of the molecule is CN[SiH2]OCCC1CCCCC1. The molecule has 0 radical (unpaired) electrons. The zero-order chi connectivity index (χ0) is 8.65. The first-order valence-corrected chi connectivity index (χ1v) is 6.44. The predicted molar refractivity (Wildman–Crippen MR) is 54.7 cm³/mol. The average molecular weight is 187 g/mol. The van der Waals surface area contributed by atoms with Gasteiger partial charge in [0.05, 0.1) is 0 Å². The van der Waals surface area contributed by atoms with Crippen molar-refractivity contribution in [1.29, 1.82) is 0 Å². The van der Waals surface area contributed by atoms with Gasteiger partial charge >= 0.3 is 0 Å². The van der Waals surface area contributed by atoms with Gasteiger partial charge in [-0.25, -0.2) is 0 Å². The van der Waals surface area contributed by atoms with Gasteiger partial charge in [0.25, 0.3) is 0 Å². The van der Waals surface area contributed by atoms with Crippen LogP contribution in [0.25, 0.3) is 0 Å². The van der Waals surface area contributed by atoms with Crippen LogP contribution >= 0.6 is 0 Å². The molecule has 1 N–H and O–H groups in total. The third-order valence-electron chi connectivity index (χ3n) is 2.64. The minimum atomic E-state index is -0.375. The van der Waals surface area contributed by atoms with Crippen LogP contribution in [0.4, 0.5) is 0 Å². The van der Waals surface area contributed by atoms with Gasteiger partial charge in [-0.2, -0.15) is 0 Å². The van der Waals surface area contributed by atoms with Crippen molar-refractivity contribution in [3.63, 3.8) is 0 Å². The third-order valence-corrected chi connectivity index (χ3v) is 3.42. The van der Waals surface area contributed by atoms with Crippen molar-refractivity contribution < 1.29 is 4.43 Å². The van der Waals surface area contributed by atoms with Crippen molar-refractivity contribution in [2.24, 2.45) is 5.92 Å². The van der Waals surface area contributed by atoms with Crippen LogP contribution in [0.15, 0.2) is 0 Å². The molecule has 0 saturated heterocycles. The number of hydrogen-bond donors (Lipinski definition) is 1. The van der Waals surface area contributed by atoms with E-state index >= 15 is 0 Å². The molecule has 0 aliphatic heterocycles. The Hall–Kier alpha value is 0.137. The molecule has 1 aliphatic carbocycles. The smallest absolute Gasteiger partial charge is 0.235 e. The Morgan fingerprint density at radius 1 is 1.33 bits per heavy atom. The van der Waals surface area contributed by atoms with E-state index in [1.54, 1.807) is 0 Å². The second-order valence-electron chi connectivity index (χ2n) is 3.70. The second kappa shape index (κ2) is 6.63. The number of rotatable bonds is 5. The van der Waals surface area contributed by atoms with Crippen molar-refractivity contribution >= 4 is 9.92 Å². The van der Waals surface area contributed by atoms with E-state index in [2.05, 4.69) is 4.98 Å². The summed E-state index contributed by atoms with van der Waals surface area (Å²) in [6, 6.07) is 0. The summed E-state index contributed by atoms with van der Waals surface area (Å²) < 4.78 is 5.51. The van der Waals surface area contributed by atoms with Gasteiger partial charge in [0, 0.05) is 6.61 Å². The van der Waals surface area contributed by atoms with Crippen LogP contribution < -0.4 is 4.98 Å². The molecule has 1 saturated carbocycles. The van der Waals surface area contributed by atoms with Gasteiger partial charge < -0.3 is 9.41 Å². The lowest BCUT2D eigenvalue weighted by Crippen LogP contribution is -2.18. The Bertz CT molecular complexity index is 105. The Labute approximate surface area is 78.1 Å². The molecule has 0 heterocycles. The molecule has 0 amide bonds. The standard InChI is InChI=1S/C9H21NOSi/c1-10-12-11-8-7-9-5-3-2-4-6-9/h9-10H,2-8,12H2,1H3. The van der Waals surface area contributed by atoms with Gasteiger partial charge in [-0.1, -0.05) is 32.1 Å². The van der Waals surface area contributed by atoms with Crippen molar-refractivity contribution in [3.8, 4) is 0 Å². The maximum absolute atomic E-state index is 5.51. The second-order valence-corrected chi connectivity index (χ2v) is 5.10. The minimum Gasteiger partial charge on any atom is -0.409 e. The van der Waals surface area contributed by atoms with E-state index in [-0.39, 0.29) is 9.92 Å². The molecule has 0 atom stereocenters. The molecule has 1 aliphatic rings. The highest BCUT2D eigenvalue weighted by Crippen LogP contribution is 2.25. The Morgan fingerprint density at radius 3 is 2.75 bits per heavy atom. The van der Waals surface area contributed by atoms with Gasteiger partial charge in [0.2, 0.25) is 9.92 Å². The predicted octanol–water partition coefficient (Wildman–Crippen LogP) is 1.19. The lowest BCUT2D eigenvalue weighted by molar-refractivity contribution is 0.252. The molecule has 0 bridgehead atoms. The van der Waals surface area contributed by atoms with Gasteiger partial charge in [0.15, 0.2) is 0 Å². The summed E-state index contributed by atoms with van der Waals surface area (Å²) in [5.74, 6) is 0.976. The molecule has 1 rings (SSSR count). The van der Waals surface area contributed by atoms with E-state index in [4.69, 9.17) is 4.43 Å². The normalized spacial score (nSPS) is 20.8. The Morgan fingerprint density at radius 2 is 2.08 bits per heavy atom. The molecule has 1 fully saturated rings. The summed E-state index contributed by atoms with van der Waals surface area (Å²) in [6.45, 7) is 0.998. The van der Waals surface area contributed by atoms with Crippen LogP contribution in [0, 0.1) is 5.92 Å². The van der Waals surface area contributed by atoms with Crippen molar-refractivity contribution in [1.82, 2.24) is 4.98 Å². The molecule has 0 aromatic rings. The molecule has 72 valence electrons. The van der Waals surface area contributed by atoms with E-state index in [0.29, 0.717) is 0 Å². The van der Waals surface area contributed by atoms with Crippen molar-refractivity contribution in [2.45, 2.75) is 38.5 Å². The number of hydrogen-bond acceptors (Lipinski definition) is 2. The van der Waals surface area contributed by atoms with Crippen LogP contribution in [-0.2, 0) is 4.43 Å². The van der Waals surface area contributed by atoms with Gasteiger partial charge in [-0.05, 0) is 19.4 Å². The fraction of sp³-hybridized carbons (Fsp3) is 1.00. The summed E-state index contributed by atoms with van der Waals surface area (Å²) in [5, 5.41) is 0. The maximum Gasteiger partial charge on any atom is 0.235 e. The fourth-order valence-electron chi connectivity index (χ4n) is 1.90. The monoisotopic (exact) mass is 187 g/mol. The number of nitrogens with one attached hydrogen (secondary N) is 1. The molecule has 3 heteroatoms. The summed E-state index contributed by atoms with van der Waals surface area (Å²) in [5.41, 5.74) is 0. The highest BCUT2D eigenvalue weighted by atomic mass is 28.2. The molecule has 0 aromatic carbocycles. The lowest BCUT2D eigenvalue weighted by atomic mass is 9.87. The zero-order valence-corrected chi connectivity index (χ0v) is 9.56. The van der Waals surface area contributed by atoms with E-state index in [1.165, 1.54) is 38.5 Å². The molecule has 0 unspecified atom stereocenters. The molecule has 12 heavy (non-hydrogen) atoms. The summed E-state index contributed by atoms with van der Waals surface area (Å²) in [4.78, 5) is 3.12. The van der Waals surface area contributed by atoms with Crippen molar-refractivity contribution in [3.05, 3.63) is 0 Å². The largest absolute Gasteiger partial charge is 0.409 e. The van der Waals surface area contributed by atoms with E-state index in [1.807, 2.05) is 7.05 Å². The first kappa shape index (κ1) is 10.2. The topological polar surface area (TPSA) is 21.3 Å². The fourth-order valence-corrected chi connectivity index (χ4v) is 2.42. The Balaban J connectivity index is 1.91. The van der Waals surface area contributed by atoms with E-state index in [0.717, 1.165) is 12.5 Å². The van der Waals surface area contributed by atoms with Crippen molar-refractivity contribution in [2.75, 3.05) is 13.7 Å². The maximum atomic E-state index is 5.51. The van der Waals surface area contributed by atoms with Crippen LogP contribution in [0.1, 0.15) is 38.5 Å². The Kier molecular flexibility index (Phi) is 5.65. The van der Waals surface area contributed by atoms with Crippen LogP contribution in [-0.4, -0.2) is 23.6 Å². The molecule has 2 nitrogen and oxygen atoms in total. The minimum absolute atomic E-state index is 0.375. The molecule has 0 aromatic heterocycles. The highest BCUT2D eigenvalue weighted by molar-refractivity contribution is 6.23. The lowest BCUT2D eigenvalue weighted by Gasteiger charge is -2.21. The van der Waals surface area contributed by atoms with E-state index in [9.17, 15) is 0 Å². The zero-order valence-electron chi connectivity index (χ0n) is 8.14. The van der Waals surface area contributed by atoms with E-state index < -0.39 is 0 Å².